The van der Waals surface area contributed by atoms with Crippen LogP contribution in [0, 0.1) is 0 Å². The van der Waals surface area contributed by atoms with E-state index in [1.807, 2.05) is 38.2 Å². The SMILES string of the molecule is CCCC(=O)/N=C/C1(OCC)C=CC=CC1. The lowest BCUT2D eigenvalue weighted by atomic mass is 9.96. The van der Waals surface area contributed by atoms with Gasteiger partial charge in [-0.3, -0.25) is 4.79 Å². The van der Waals surface area contributed by atoms with E-state index in [1.165, 1.54) is 0 Å². The molecule has 0 aromatic carbocycles. The molecule has 0 aromatic rings. The third kappa shape index (κ3) is 3.74. The molecule has 1 rings (SSSR count). The molecule has 0 heterocycles. The highest BCUT2D eigenvalue weighted by atomic mass is 16.5. The van der Waals surface area contributed by atoms with Gasteiger partial charge in [0, 0.05) is 25.7 Å². The van der Waals surface area contributed by atoms with Gasteiger partial charge in [-0.2, -0.15) is 0 Å². The van der Waals surface area contributed by atoms with E-state index >= 15 is 0 Å². The third-order valence-electron chi connectivity index (χ3n) is 2.37. The van der Waals surface area contributed by atoms with Crippen molar-refractivity contribution in [1.82, 2.24) is 0 Å². The summed E-state index contributed by atoms with van der Waals surface area (Å²) in [6.45, 7) is 4.51. The van der Waals surface area contributed by atoms with Gasteiger partial charge in [0.25, 0.3) is 0 Å². The summed E-state index contributed by atoms with van der Waals surface area (Å²) in [5.41, 5.74) is -0.521. The molecule has 1 aliphatic carbocycles. The predicted molar refractivity (Wildman–Crippen MR) is 65.7 cm³/mol. The smallest absolute Gasteiger partial charge is 0.245 e. The minimum atomic E-state index is -0.521. The van der Waals surface area contributed by atoms with Gasteiger partial charge >= 0.3 is 0 Å². The average molecular weight is 221 g/mol. The number of amides is 1. The molecule has 3 heteroatoms. The Kier molecular flexibility index (Phi) is 5.12. The van der Waals surface area contributed by atoms with Crippen molar-refractivity contribution in [3.63, 3.8) is 0 Å². The Bertz CT molecular complexity index is 318. The highest BCUT2D eigenvalue weighted by molar-refractivity contribution is 5.88. The van der Waals surface area contributed by atoms with Crippen molar-refractivity contribution in [2.45, 2.75) is 38.7 Å². The fraction of sp³-hybridized carbons (Fsp3) is 0.538. The molecular weight excluding hydrogens is 202 g/mol. The van der Waals surface area contributed by atoms with Gasteiger partial charge in [0.2, 0.25) is 5.91 Å². The number of carbonyl (C=O) groups excluding carboxylic acids is 1. The fourth-order valence-electron chi connectivity index (χ4n) is 1.59. The van der Waals surface area contributed by atoms with Crippen LogP contribution in [0.5, 0.6) is 0 Å². The summed E-state index contributed by atoms with van der Waals surface area (Å²) in [4.78, 5) is 15.3. The molecule has 1 unspecified atom stereocenters. The van der Waals surface area contributed by atoms with Crippen LogP contribution in [0.15, 0.2) is 29.3 Å². The minimum absolute atomic E-state index is 0.0791. The third-order valence-corrected chi connectivity index (χ3v) is 2.37. The number of aliphatic imine (C=N–C) groups is 1. The molecule has 0 spiro atoms. The van der Waals surface area contributed by atoms with Crippen LogP contribution in [-0.2, 0) is 9.53 Å². The predicted octanol–water partition coefficient (Wildman–Crippen LogP) is 2.68. The van der Waals surface area contributed by atoms with E-state index < -0.39 is 5.60 Å². The summed E-state index contributed by atoms with van der Waals surface area (Å²) in [7, 11) is 0. The molecule has 0 aromatic heterocycles. The van der Waals surface area contributed by atoms with Crippen LogP contribution >= 0.6 is 0 Å². The zero-order valence-electron chi connectivity index (χ0n) is 9.98. The van der Waals surface area contributed by atoms with Crippen LogP contribution in [0.2, 0.25) is 0 Å². The number of rotatable bonds is 5. The Morgan fingerprint density at radius 1 is 1.50 bits per heavy atom. The Labute approximate surface area is 96.9 Å². The van der Waals surface area contributed by atoms with Crippen molar-refractivity contribution in [3.8, 4) is 0 Å². The van der Waals surface area contributed by atoms with Crippen molar-refractivity contribution < 1.29 is 9.53 Å². The van der Waals surface area contributed by atoms with Crippen LogP contribution in [0.25, 0.3) is 0 Å². The van der Waals surface area contributed by atoms with Gasteiger partial charge in [-0.1, -0.05) is 25.2 Å². The van der Waals surface area contributed by atoms with E-state index in [1.54, 1.807) is 6.21 Å². The lowest BCUT2D eigenvalue weighted by molar-refractivity contribution is -0.117. The number of ether oxygens (including phenoxy) is 1. The highest BCUT2D eigenvalue weighted by Gasteiger charge is 2.25. The maximum absolute atomic E-state index is 11.3. The summed E-state index contributed by atoms with van der Waals surface area (Å²) >= 11 is 0. The molecule has 0 bridgehead atoms. The molecule has 16 heavy (non-hydrogen) atoms. The van der Waals surface area contributed by atoms with E-state index in [9.17, 15) is 4.79 Å². The van der Waals surface area contributed by atoms with Crippen LogP contribution in [0.4, 0.5) is 0 Å². The fourth-order valence-corrected chi connectivity index (χ4v) is 1.59. The van der Waals surface area contributed by atoms with Gasteiger partial charge in [0.05, 0.1) is 0 Å². The highest BCUT2D eigenvalue weighted by Crippen LogP contribution is 2.20. The van der Waals surface area contributed by atoms with Crippen LogP contribution < -0.4 is 0 Å². The van der Waals surface area contributed by atoms with E-state index in [4.69, 9.17) is 4.74 Å². The lowest BCUT2D eigenvalue weighted by Crippen LogP contribution is -2.33. The quantitative estimate of drug-likeness (QED) is 0.669. The first-order valence-electron chi connectivity index (χ1n) is 5.79. The number of hydrogen-bond acceptors (Lipinski definition) is 2. The van der Waals surface area contributed by atoms with Gasteiger partial charge < -0.3 is 4.74 Å². The first kappa shape index (κ1) is 12.8. The first-order valence-corrected chi connectivity index (χ1v) is 5.79. The standard InChI is InChI=1S/C13H19NO2/c1-3-8-12(15)14-11-13(16-4-2)9-6-5-7-10-13/h5-7,9,11H,3-4,8,10H2,1-2H3/b14-11+. The maximum Gasteiger partial charge on any atom is 0.245 e. The second kappa shape index (κ2) is 6.38. The summed E-state index contributed by atoms with van der Waals surface area (Å²) in [5, 5.41) is 0. The van der Waals surface area contributed by atoms with Crippen molar-refractivity contribution in [3.05, 3.63) is 24.3 Å². The largest absolute Gasteiger partial charge is 0.365 e. The monoisotopic (exact) mass is 221 g/mol. The molecule has 0 fully saturated rings. The van der Waals surface area contributed by atoms with Crippen LogP contribution in [0.1, 0.15) is 33.1 Å². The van der Waals surface area contributed by atoms with Gasteiger partial charge in [-0.25, -0.2) is 4.99 Å². The maximum atomic E-state index is 11.3. The van der Waals surface area contributed by atoms with Gasteiger partial charge in [0.15, 0.2) is 0 Å². The Hall–Kier alpha value is -1.22. The molecule has 1 atom stereocenters. The molecule has 0 radical (unpaired) electrons. The minimum Gasteiger partial charge on any atom is -0.365 e. The van der Waals surface area contributed by atoms with Crippen molar-refractivity contribution in [1.29, 1.82) is 0 Å². The number of carbonyl (C=O) groups is 1. The molecule has 1 amide bonds. The molecule has 88 valence electrons. The van der Waals surface area contributed by atoms with Crippen molar-refractivity contribution in [2.24, 2.45) is 4.99 Å². The van der Waals surface area contributed by atoms with Crippen molar-refractivity contribution >= 4 is 12.1 Å². The molecule has 0 aliphatic heterocycles. The first-order chi connectivity index (χ1) is 7.72. The van der Waals surface area contributed by atoms with E-state index in [2.05, 4.69) is 4.99 Å². The summed E-state index contributed by atoms with van der Waals surface area (Å²) in [6.07, 6.45) is 11.6. The Morgan fingerprint density at radius 2 is 2.31 bits per heavy atom. The zero-order chi connectivity index (χ0) is 11.9. The summed E-state index contributed by atoms with van der Waals surface area (Å²) in [5.74, 6) is -0.0791. The zero-order valence-corrected chi connectivity index (χ0v) is 9.98. The Morgan fingerprint density at radius 3 is 2.88 bits per heavy atom. The number of allylic oxidation sites excluding steroid dienone is 2. The molecule has 1 aliphatic rings. The molecule has 3 nitrogen and oxygen atoms in total. The molecular formula is C13H19NO2. The normalized spacial score (nSPS) is 24.1. The number of hydrogen-bond donors (Lipinski definition) is 0. The van der Waals surface area contributed by atoms with Gasteiger partial charge in [-0.05, 0) is 19.4 Å². The second-order valence-electron chi connectivity index (χ2n) is 3.78. The van der Waals surface area contributed by atoms with Crippen LogP contribution in [0.3, 0.4) is 0 Å². The summed E-state index contributed by atoms with van der Waals surface area (Å²) < 4.78 is 5.66. The molecule has 0 saturated carbocycles. The van der Waals surface area contributed by atoms with Gasteiger partial charge in [0.1, 0.15) is 5.60 Å². The lowest BCUT2D eigenvalue weighted by Gasteiger charge is -2.26. The average Bonchev–Trinajstić information content (AvgIpc) is 2.29. The Balaban J connectivity index is 2.68. The van der Waals surface area contributed by atoms with E-state index in [0.29, 0.717) is 13.0 Å². The van der Waals surface area contributed by atoms with E-state index in [0.717, 1.165) is 12.8 Å². The molecule has 0 saturated heterocycles. The topological polar surface area (TPSA) is 38.7 Å². The van der Waals surface area contributed by atoms with E-state index in [-0.39, 0.29) is 5.91 Å². The van der Waals surface area contributed by atoms with Gasteiger partial charge in [-0.15, -0.1) is 0 Å². The van der Waals surface area contributed by atoms with Crippen LogP contribution in [-0.4, -0.2) is 24.3 Å². The summed E-state index contributed by atoms with van der Waals surface area (Å²) in [6, 6.07) is 0. The molecule has 0 N–H and O–H groups in total. The second-order valence-corrected chi connectivity index (χ2v) is 3.78. The number of nitrogens with zero attached hydrogens (tertiary/aromatic N) is 1. The van der Waals surface area contributed by atoms with Crippen molar-refractivity contribution in [2.75, 3.05) is 6.61 Å².